The van der Waals surface area contributed by atoms with Crippen LogP contribution in [0.15, 0.2) is 48.8 Å². The Bertz CT molecular complexity index is 1780. The number of fused-ring (bicyclic) bond motifs is 2. The minimum absolute atomic E-state index is 0.325. The molecule has 1 aliphatic rings. The van der Waals surface area contributed by atoms with Crippen molar-refractivity contribution in [2.75, 3.05) is 31.5 Å². The van der Waals surface area contributed by atoms with Crippen molar-refractivity contribution in [3.05, 3.63) is 54.6 Å². The number of aliphatic hydroxyl groups excluding tert-OH is 1. The third-order valence-electron chi connectivity index (χ3n) is 7.41. The molecule has 46 heavy (non-hydrogen) atoms. The van der Waals surface area contributed by atoms with E-state index < -0.39 is 49.4 Å². The van der Waals surface area contributed by atoms with Crippen LogP contribution in [-0.2, 0) is 30.6 Å². The number of halogens is 2. The number of carbonyl (C=O) groups excluding carboxylic acids is 1. The lowest BCUT2D eigenvalue weighted by molar-refractivity contribution is -0.149. The van der Waals surface area contributed by atoms with E-state index in [4.69, 9.17) is 41.9 Å². The highest BCUT2D eigenvalue weighted by atomic mass is 35.5. The number of aromatic nitrogens is 4. The maximum absolute atomic E-state index is 16.0. The zero-order valence-electron chi connectivity index (χ0n) is 26.3. The van der Waals surface area contributed by atoms with Crippen molar-refractivity contribution in [2.24, 2.45) is 0 Å². The largest absolute Gasteiger partial charge is 0.462 e. The smallest absolute Gasteiger partial charge is 0.323 e. The second-order valence-electron chi connectivity index (χ2n) is 11.6. The molecule has 0 spiro atoms. The summed E-state index contributed by atoms with van der Waals surface area (Å²) in [4.78, 5) is 27.8. The summed E-state index contributed by atoms with van der Waals surface area (Å²) in [5.41, 5.74) is -0.999. The molecule has 12 nitrogen and oxygen atoms in total. The molecule has 0 unspecified atom stereocenters. The van der Waals surface area contributed by atoms with Gasteiger partial charge in [0, 0.05) is 19.5 Å². The topological polar surface area (TPSA) is 133 Å². The Hall–Kier alpha value is -2.97. The van der Waals surface area contributed by atoms with Crippen LogP contribution in [-0.4, -0.2) is 87.2 Å². The Balaban J connectivity index is 1.46. The van der Waals surface area contributed by atoms with Crippen LogP contribution in [0, 0.1) is 6.92 Å². The molecule has 2 aromatic heterocycles. The number of benzene rings is 2. The second-order valence-corrected chi connectivity index (χ2v) is 15.0. The lowest BCUT2D eigenvalue weighted by Gasteiger charge is -2.33. The lowest BCUT2D eigenvalue weighted by Crippen LogP contribution is -2.48. The number of esters is 1. The van der Waals surface area contributed by atoms with Crippen molar-refractivity contribution in [3.63, 3.8) is 0 Å². The van der Waals surface area contributed by atoms with Crippen molar-refractivity contribution < 1.29 is 32.8 Å². The second kappa shape index (κ2) is 13.6. The molecule has 5 rings (SSSR count). The Morgan fingerprint density at radius 3 is 2.65 bits per heavy atom. The number of nitrogens with one attached hydrogen (secondary N) is 1. The average Bonchev–Trinajstić information content (AvgIpc) is 3.53. The first-order chi connectivity index (χ1) is 21.8. The number of rotatable bonds is 12. The summed E-state index contributed by atoms with van der Waals surface area (Å²) in [6.45, 7) is 2.64. The lowest BCUT2D eigenvalue weighted by atomic mass is 9.99. The summed E-state index contributed by atoms with van der Waals surface area (Å²) >= 11 is 12.3. The third kappa shape index (κ3) is 6.84. The van der Waals surface area contributed by atoms with E-state index in [1.165, 1.54) is 10.9 Å². The summed E-state index contributed by atoms with van der Waals surface area (Å²) in [7, 11) is 3.62. The molecule has 0 amide bonds. The number of imidazole rings is 1. The molecule has 248 valence electrons. The zero-order valence-corrected chi connectivity index (χ0v) is 28.7. The van der Waals surface area contributed by atoms with Gasteiger partial charge in [0.15, 0.2) is 29.4 Å². The predicted molar refractivity (Wildman–Crippen MR) is 178 cm³/mol. The molecule has 4 aromatic rings. The van der Waals surface area contributed by atoms with Crippen LogP contribution >= 0.6 is 18.2 Å². The van der Waals surface area contributed by atoms with E-state index >= 15 is 4.39 Å². The summed E-state index contributed by atoms with van der Waals surface area (Å²) in [6.07, 6.45) is -4.00. The summed E-state index contributed by atoms with van der Waals surface area (Å²) in [5.74, 6) is 0.474. The Morgan fingerprint density at radius 1 is 1.24 bits per heavy atom. The monoisotopic (exact) mass is 694 g/mol. The van der Waals surface area contributed by atoms with Crippen molar-refractivity contribution in [2.45, 2.75) is 63.9 Å². The van der Waals surface area contributed by atoms with Crippen molar-refractivity contribution >= 4 is 63.8 Å². The minimum atomic E-state index is -3.63. The molecule has 16 heteroatoms. The van der Waals surface area contributed by atoms with Gasteiger partial charge in [-0.05, 0) is 51.0 Å². The number of aliphatic hydroxyl groups is 1. The number of aryl methyl sites for hydroxylation is 1. The van der Waals surface area contributed by atoms with Crippen LogP contribution < -0.4 is 14.5 Å². The number of anilines is 1. The van der Waals surface area contributed by atoms with Crippen LogP contribution in [0.25, 0.3) is 21.9 Å². The highest BCUT2D eigenvalue weighted by molar-refractivity contribution is 8.09. The first kappa shape index (κ1) is 34.4. The molecule has 0 bridgehead atoms. The van der Waals surface area contributed by atoms with E-state index in [2.05, 4.69) is 20.0 Å². The predicted octanol–water partition coefficient (Wildman–Crippen LogP) is 4.81. The number of nitrogens with zero attached hydrogens (tertiary/aromatic N) is 5. The van der Waals surface area contributed by atoms with Gasteiger partial charge in [0.05, 0.1) is 24.9 Å². The fraction of sp³-hybridized carbons (Fsp3) is 0.467. The Kier molecular flexibility index (Phi) is 10.2. The molecular formula is C30H37ClFN6O6PS. The SMILES string of the molecule is Cc1nc(N(C)C)c2ncn([C@@H]3O[C@](CCl)(CO[P@](=S)(N[C@H](C)C(=O)OC(C)C)Oc4cccc5ccccc45)[C@@H](O)[C@H]3F)c2n1. The highest BCUT2D eigenvalue weighted by Gasteiger charge is 2.57. The van der Waals surface area contributed by atoms with E-state index in [9.17, 15) is 9.90 Å². The van der Waals surface area contributed by atoms with Gasteiger partial charge < -0.3 is 28.5 Å². The minimum Gasteiger partial charge on any atom is -0.462 e. The van der Waals surface area contributed by atoms with Gasteiger partial charge in [0.25, 0.3) is 0 Å². The summed E-state index contributed by atoms with van der Waals surface area (Å²) in [5, 5.41) is 15.9. The quantitative estimate of drug-likeness (QED) is 0.120. The van der Waals surface area contributed by atoms with Gasteiger partial charge in [-0.1, -0.05) is 36.4 Å². The number of hydrogen-bond donors (Lipinski definition) is 2. The molecule has 0 saturated carbocycles. The van der Waals surface area contributed by atoms with Crippen molar-refractivity contribution in [1.29, 1.82) is 0 Å². The maximum Gasteiger partial charge on any atom is 0.323 e. The van der Waals surface area contributed by atoms with Gasteiger partial charge in [-0.15, -0.1) is 11.6 Å². The molecule has 1 saturated heterocycles. The van der Waals surface area contributed by atoms with Gasteiger partial charge in [-0.3, -0.25) is 9.36 Å². The molecule has 0 radical (unpaired) electrons. The molecule has 0 aliphatic carbocycles. The zero-order chi connectivity index (χ0) is 33.4. The van der Waals surface area contributed by atoms with Gasteiger partial charge in [-0.2, -0.15) is 0 Å². The molecule has 1 aliphatic heterocycles. The number of carbonyl (C=O) groups is 1. The van der Waals surface area contributed by atoms with Crippen LogP contribution in [0.4, 0.5) is 10.2 Å². The molecule has 2 aromatic carbocycles. The van der Waals surface area contributed by atoms with Crippen LogP contribution in [0.1, 0.15) is 32.8 Å². The van der Waals surface area contributed by atoms with Crippen LogP contribution in [0.3, 0.4) is 0 Å². The van der Waals surface area contributed by atoms with E-state index in [0.29, 0.717) is 28.6 Å². The van der Waals surface area contributed by atoms with Crippen molar-refractivity contribution in [3.8, 4) is 5.75 Å². The molecular weight excluding hydrogens is 658 g/mol. The Morgan fingerprint density at radius 2 is 1.96 bits per heavy atom. The van der Waals surface area contributed by atoms with Gasteiger partial charge >= 0.3 is 12.6 Å². The van der Waals surface area contributed by atoms with Gasteiger partial charge in [0.2, 0.25) is 0 Å². The molecule has 1 fully saturated rings. The van der Waals surface area contributed by atoms with E-state index in [1.54, 1.807) is 44.7 Å². The fourth-order valence-corrected chi connectivity index (χ4v) is 7.86. The molecule has 2 N–H and O–H groups in total. The summed E-state index contributed by atoms with van der Waals surface area (Å²) < 4.78 is 41.5. The normalized spacial score (nSPS) is 23.5. The standard InChI is InChI=1S/C30H37ClFN6O6PS/c1-17(2)42-29(40)18(3)36-45(46,44-22-13-9-11-20-10-7-8-12-21(20)22)41-15-30(14-31)25(39)23(32)28(43-30)38-16-33-24-26(37(5)6)34-19(4)35-27(24)38/h7-13,16-18,23,25,28,39H,14-15H2,1-6H3,(H,36,46)/t18-,23-,25+,28-,30-,45-/m1/s1. The first-order valence-corrected chi connectivity index (χ1v) is 17.8. The molecule has 3 heterocycles. The first-order valence-electron chi connectivity index (χ1n) is 14.6. The van der Waals surface area contributed by atoms with Crippen molar-refractivity contribution in [1.82, 2.24) is 24.6 Å². The van der Waals surface area contributed by atoms with Gasteiger partial charge in [0.1, 0.15) is 29.3 Å². The number of ether oxygens (including phenoxy) is 2. The van der Waals surface area contributed by atoms with E-state index in [1.807, 2.05) is 44.4 Å². The van der Waals surface area contributed by atoms with Crippen LogP contribution in [0.2, 0.25) is 0 Å². The summed E-state index contributed by atoms with van der Waals surface area (Å²) in [6, 6.07) is 12.1. The Labute approximate surface area is 276 Å². The fourth-order valence-electron chi connectivity index (χ4n) is 5.12. The number of hydrogen-bond acceptors (Lipinski definition) is 11. The van der Waals surface area contributed by atoms with E-state index in [0.717, 1.165) is 10.8 Å². The third-order valence-corrected chi connectivity index (χ3v) is 10.3. The molecule has 6 atom stereocenters. The van der Waals surface area contributed by atoms with E-state index in [-0.39, 0.29) is 12.0 Å². The van der Waals surface area contributed by atoms with Crippen LogP contribution in [0.5, 0.6) is 5.75 Å². The maximum atomic E-state index is 16.0. The number of alkyl halides is 2. The average molecular weight is 695 g/mol. The highest BCUT2D eigenvalue weighted by Crippen LogP contribution is 2.50. The van der Waals surface area contributed by atoms with Gasteiger partial charge in [-0.25, -0.2) is 24.4 Å².